The molecule has 0 radical (unpaired) electrons. The van der Waals surface area contributed by atoms with Gasteiger partial charge in [-0.2, -0.15) is 4.80 Å². The number of tetrazole rings is 1. The number of carbonyl (C=O) groups excluding carboxylic acids is 2. The molecule has 8 nitrogen and oxygen atoms in total. The summed E-state index contributed by atoms with van der Waals surface area (Å²) in [6.45, 7) is 3.20. The average Bonchev–Trinajstić information content (AvgIpc) is 3.05. The Morgan fingerprint density at radius 3 is 2.72 bits per heavy atom. The lowest BCUT2D eigenvalue weighted by molar-refractivity contribution is -0.132. The second-order valence-corrected chi connectivity index (χ2v) is 6.63. The molecule has 1 aliphatic rings. The van der Waals surface area contributed by atoms with Gasteiger partial charge in [-0.1, -0.05) is 18.2 Å². The summed E-state index contributed by atoms with van der Waals surface area (Å²) >= 11 is 0. The van der Waals surface area contributed by atoms with E-state index in [1.165, 1.54) is 4.80 Å². The highest BCUT2D eigenvalue weighted by molar-refractivity contribution is 5.95. The highest BCUT2D eigenvalue weighted by Gasteiger charge is 2.39. The summed E-state index contributed by atoms with van der Waals surface area (Å²) in [5.74, 6) is 0.341. The zero-order valence-electron chi connectivity index (χ0n) is 14.5. The summed E-state index contributed by atoms with van der Waals surface area (Å²) in [7, 11) is 1.67. The number of aryl methyl sites for hydroxylation is 1. The van der Waals surface area contributed by atoms with Crippen LogP contribution in [-0.4, -0.2) is 50.0 Å². The molecule has 1 atom stereocenters. The van der Waals surface area contributed by atoms with Crippen LogP contribution >= 0.6 is 0 Å². The van der Waals surface area contributed by atoms with Crippen molar-refractivity contribution in [3.63, 3.8) is 0 Å². The molecule has 132 valence electrons. The maximum atomic E-state index is 12.7. The molecule has 0 unspecified atom stereocenters. The van der Waals surface area contributed by atoms with Gasteiger partial charge >= 0.3 is 0 Å². The molecule has 1 aromatic heterocycles. The molecule has 3 rings (SSSR count). The Hall–Kier alpha value is -2.77. The van der Waals surface area contributed by atoms with Crippen LogP contribution in [0.2, 0.25) is 0 Å². The largest absolute Gasteiger partial charge is 0.348 e. The first kappa shape index (κ1) is 17.1. The Bertz CT molecular complexity index is 760. The zero-order valence-corrected chi connectivity index (χ0v) is 14.5. The second-order valence-electron chi connectivity index (χ2n) is 6.63. The summed E-state index contributed by atoms with van der Waals surface area (Å²) in [4.78, 5) is 28.4. The lowest BCUT2D eigenvalue weighted by Gasteiger charge is -2.39. The van der Waals surface area contributed by atoms with Crippen molar-refractivity contribution in [2.75, 3.05) is 13.1 Å². The molecule has 0 spiro atoms. The van der Waals surface area contributed by atoms with E-state index in [4.69, 9.17) is 0 Å². The van der Waals surface area contributed by atoms with Crippen molar-refractivity contribution in [3.8, 4) is 0 Å². The molecule has 8 heteroatoms. The fourth-order valence-electron chi connectivity index (χ4n) is 3.13. The number of nitrogens with one attached hydrogen (secondary N) is 1. The zero-order chi connectivity index (χ0) is 17.9. The Balaban J connectivity index is 1.64. The van der Waals surface area contributed by atoms with Gasteiger partial charge in [0.25, 0.3) is 5.91 Å². The van der Waals surface area contributed by atoms with Crippen LogP contribution in [0.3, 0.4) is 0 Å². The summed E-state index contributed by atoms with van der Waals surface area (Å²) in [6.07, 6.45) is 1.54. The average molecular weight is 342 g/mol. The number of nitrogens with zero attached hydrogens (tertiary/aromatic N) is 5. The van der Waals surface area contributed by atoms with Gasteiger partial charge in [-0.25, -0.2) is 0 Å². The predicted octanol–water partition coefficient (Wildman–Crippen LogP) is 0.769. The highest BCUT2D eigenvalue weighted by atomic mass is 16.2. The van der Waals surface area contributed by atoms with Crippen LogP contribution < -0.4 is 5.32 Å². The van der Waals surface area contributed by atoms with Crippen molar-refractivity contribution in [1.82, 2.24) is 30.4 Å². The van der Waals surface area contributed by atoms with Crippen LogP contribution in [0.1, 0.15) is 35.9 Å². The van der Waals surface area contributed by atoms with Gasteiger partial charge in [-0.3, -0.25) is 9.59 Å². The number of hydrogen-bond donors (Lipinski definition) is 1. The van der Waals surface area contributed by atoms with Crippen LogP contribution in [0.15, 0.2) is 30.3 Å². The molecule has 25 heavy (non-hydrogen) atoms. The van der Waals surface area contributed by atoms with Gasteiger partial charge in [0.2, 0.25) is 5.91 Å². The molecule has 2 heterocycles. The molecule has 2 amide bonds. The number of likely N-dealkylation sites (tertiary alicyclic amines) is 1. The molecular weight excluding hydrogens is 320 g/mol. The van der Waals surface area contributed by atoms with E-state index in [0.717, 1.165) is 12.8 Å². The molecule has 1 fully saturated rings. The summed E-state index contributed by atoms with van der Waals surface area (Å²) < 4.78 is 0. The van der Waals surface area contributed by atoms with Crippen LogP contribution in [0.5, 0.6) is 0 Å². The highest BCUT2D eigenvalue weighted by Crippen LogP contribution is 2.30. The van der Waals surface area contributed by atoms with Gasteiger partial charge in [0.05, 0.1) is 19.0 Å². The summed E-state index contributed by atoms with van der Waals surface area (Å²) in [5, 5.41) is 14.5. The molecule has 1 aliphatic heterocycles. The molecule has 1 saturated heterocycles. The first-order valence-corrected chi connectivity index (χ1v) is 8.33. The van der Waals surface area contributed by atoms with Gasteiger partial charge in [-0.05, 0) is 37.1 Å². The van der Waals surface area contributed by atoms with Crippen molar-refractivity contribution < 1.29 is 9.59 Å². The van der Waals surface area contributed by atoms with E-state index in [-0.39, 0.29) is 18.4 Å². The number of aromatic nitrogens is 4. The fraction of sp³-hybridized carbons (Fsp3) is 0.471. The van der Waals surface area contributed by atoms with Crippen LogP contribution in [0.25, 0.3) is 0 Å². The number of rotatable bonds is 4. The van der Waals surface area contributed by atoms with Crippen molar-refractivity contribution in [1.29, 1.82) is 0 Å². The quantitative estimate of drug-likeness (QED) is 0.886. The Labute approximate surface area is 146 Å². The van der Waals surface area contributed by atoms with Crippen LogP contribution in [0.4, 0.5) is 0 Å². The minimum Gasteiger partial charge on any atom is -0.348 e. The minimum absolute atomic E-state index is 0.0325. The molecule has 1 N–H and O–H groups in total. The number of piperidine rings is 1. The third kappa shape index (κ3) is 3.84. The van der Waals surface area contributed by atoms with Gasteiger partial charge in [0.1, 0.15) is 0 Å². The molecule has 0 saturated carbocycles. The fourth-order valence-corrected chi connectivity index (χ4v) is 3.13. The standard InChI is InChI=1S/C17H22N6O2/c1-17(16(25)18-11-14-19-21-22(2)20-14)9-6-10-23(12-17)15(24)13-7-4-3-5-8-13/h3-5,7-8H,6,9-12H2,1-2H3,(H,18,25)/t17-/m1/s1. The molecule has 2 aromatic rings. The molecular formula is C17H22N6O2. The van der Waals surface area contributed by atoms with Crippen molar-refractivity contribution in [3.05, 3.63) is 41.7 Å². The number of carbonyl (C=O) groups is 2. The van der Waals surface area contributed by atoms with Gasteiger partial charge in [-0.15, -0.1) is 10.2 Å². The van der Waals surface area contributed by atoms with E-state index >= 15 is 0 Å². The third-order valence-corrected chi connectivity index (χ3v) is 4.51. The Morgan fingerprint density at radius 1 is 1.28 bits per heavy atom. The first-order chi connectivity index (χ1) is 12.0. The minimum atomic E-state index is -0.620. The van der Waals surface area contributed by atoms with Crippen molar-refractivity contribution >= 4 is 11.8 Å². The predicted molar refractivity (Wildman–Crippen MR) is 90.3 cm³/mol. The van der Waals surface area contributed by atoms with Crippen LogP contribution in [-0.2, 0) is 18.4 Å². The van der Waals surface area contributed by atoms with Gasteiger partial charge in [0, 0.05) is 18.7 Å². The first-order valence-electron chi connectivity index (χ1n) is 8.33. The third-order valence-electron chi connectivity index (χ3n) is 4.51. The topological polar surface area (TPSA) is 93.0 Å². The number of amides is 2. The Kier molecular flexibility index (Phi) is 4.78. The van der Waals surface area contributed by atoms with Crippen LogP contribution in [0, 0.1) is 5.41 Å². The second kappa shape index (κ2) is 7.00. The lowest BCUT2D eigenvalue weighted by atomic mass is 9.80. The van der Waals surface area contributed by atoms with Crippen molar-refractivity contribution in [2.24, 2.45) is 12.5 Å². The Morgan fingerprint density at radius 2 is 2.04 bits per heavy atom. The summed E-state index contributed by atoms with van der Waals surface area (Å²) in [6, 6.07) is 9.17. The van der Waals surface area contributed by atoms with E-state index in [1.807, 2.05) is 25.1 Å². The van der Waals surface area contributed by atoms with E-state index in [0.29, 0.717) is 24.5 Å². The van der Waals surface area contributed by atoms with Gasteiger partial charge in [0.15, 0.2) is 5.82 Å². The monoisotopic (exact) mass is 342 g/mol. The summed E-state index contributed by atoms with van der Waals surface area (Å²) in [5.41, 5.74) is 0.0289. The van der Waals surface area contributed by atoms with E-state index in [1.54, 1.807) is 24.1 Å². The van der Waals surface area contributed by atoms with Gasteiger partial charge < -0.3 is 10.2 Å². The molecule has 0 bridgehead atoms. The maximum Gasteiger partial charge on any atom is 0.253 e. The lowest BCUT2D eigenvalue weighted by Crippen LogP contribution is -2.51. The SMILES string of the molecule is Cn1nnc(CNC(=O)[C@]2(C)CCCN(C(=O)c3ccccc3)C2)n1. The molecule has 1 aromatic carbocycles. The van der Waals surface area contributed by atoms with E-state index < -0.39 is 5.41 Å². The smallest absolute Gasteiger partial charge is 0.253 e. The normalized spacial score (nSPS) is 20.3. The maximum absolute atomic E-state index is 12.7. The number of hydrogen-bond acceptors (Lipinski definition) is 5. The van der Waals surface area contributed by atoms with Crippen molar-refractivity contribution in [2.45, 2.75) is 26.3 Å². The number of benzene rings is 1. The molecule has 0 aliphatic carbocycles. The van der Waals surface area contributed by atoms with E-state index in [9.17, 15) is 9.59 Å². The van der Waals surface area contributed by atoms with E-state index in [2.05, 4.69) is 20.7 Å².